The molecular formula is C19H32O8. The van der Waals surface area contributed by atoms with Gasteiger partial charge in [-0.3, -0.25) is 19.2 Å². The zero-order valence-corrected chi connectivity index (χ0v) is 17.2. The first-order chi connectivity index (χ1) is 12.3. The fourth-order valence-corrected chi connectivity index (χ4v) is 1.81. The lowest BCUT2D eigenvalue weighted by Gasteiger charge is -2.19. The number of ether oxygens (including phenoxy) is 4. The van der Waals surface area contributed by atoms with Gasteiger partial charge < -0.3 is 18.9 Å². The number of rotatable bonds is 10. The summed E-state index contributed by atoms with van der Waals surface area (Å²) in [5, 5.41) is 0. The molecule has 0 fully saturated rings. The van der Waals surface area contributed by atoms with Gasteiger partial charge in [-0.15, -0.1) is 0 Å². The van der Waals surface area contributed by atoms with Crippen molar-refractivity contribution >= 4 is 23.9 Å². The van der Waals surface area contributed by atoms with Crippen LogP contribution in [0.1, 0.15) is 73.6 Å². The molecular weight excluding hydrogens is 356 g/mol. The Morgan fingerprint density at radius 2 is 0.926 bits per heavy atom. The molecule has 0 bridgehead atoms. The Kier molecular flexibility index (Phi) is 10.7. The van der Waals surface area contributed by atoms with Crippen LogP contribution >= 0.6 is 0 Å². The molecule has 0 aromatic rings. The smallest absolute Gasteiger partial charge is 0.317 e. The molecule has 0 rings (SSSR count). The van der Waals surface area contributed by atoms with Crippen LogP contribution in [0, 0.1) is 0 Å². The molecule has 27 heavy (non-hydrogen) atoms. The zero-order valence-electron chi connectivity index (χ0n) is 17.2. The van der Waals surface area contributed by atoms with Crippen molar-refractivity contribution in [2.45, 2.75) is 84.8 Å². The second kappa shape index (κ2) is 11.6. The van der Waals surface area contributed by atoms with Crippen LogP contribution < -0.4 is 0 Å². The van der Waals surface area contributed by atoms with E-state index in [2.05, 4.69) is 0 Å². The quantitative estimate of drug-likeness (QED) is 0.243. The fraction of sp³-hybridized carbons (Fsp3) is 0.789. The van der Waals surface area contributed by atoms with Gasteiger partial charge >= 0.3 is 23.9 Å². The standard InChI is InChI=1S/C19H32O8/c1-18(2,3)26-14(20)9-7-11-24-16(22)13-17(23)25-12-8-10-15(21)27-19(4,5)6/h7-13H2,1-6H3. The van der Waals surface area contributed by atoms with E-state index in [0.717, 1.165) is 0 Å². The van der Waals surface area contributed by atoms with Crippen LogP contribution in [0.25, 0.3) is 0 Å². The van der Waals surface area contributed by atoms with Gasteiger partial charge in [0, 0.05) is 12.8 Å². The van der Waals surface area contributed by atoms with E-state index in [0.29, 0.717) is 12.8 Å². The summed E-state index contributed by atoms with van der Waals surface area (Å²) in [7, 11) is 0. The van der Waals surface area contributed by atoms with Crippen molar-refractivity contribution in [3.63, 3.8) is 0 Å². The molecule has 0 amide bonds. The molecule has 0 unspecified atom stereocenters. The molecule has 0 heterocycles. The van der Waals surface area contributed by atoms with Gasteiger partial charge in [0.2, 0.25) is 0 Å². The Bertz CT molecular complexity index is 465. The summed E-state index contributed by atoms with van der Waals surface area (Å²) < 4.78 is 20.0. The first-order valence-corrected chi connectivity index (χ1v) is 9.03. The normalized spacial score (nSPS) is 11.5. The van der Waals surface area contributed by atoms with Crippen LogP contribution in [0.2, 0.25) is 0 Å². The van der Waals surface area contributed by atoms with E-state index in [4.69, 9.17) is 18.9 Å². The topological polar surface area (TPSA) is 105 Å². The SMILES string of the molecule is CC(C)(C)OC(=O)CCCOC(=O)CC(=O)OCCCC(=O)OC(C)(C)C. The molecule has 0 saturated carbocycles. The Morgan fingerprint density at radius 3 is 1.22 bits per heavy atom. The van der Waals surface area contributed by atoms with Crippen molar-refractivity contribution in [3.05, 3.63) is 0 Å². The number of carbonyl (C=O) groups excluding carboxylic acids is 4. The van der Waals surface area contributed by atoms with E-state index in [1.165, 1.54) is 0 Å². The average Bonchev–Trinajstić information content (AvgIpc) is 2.44. The first kappa shape index (κ1) is 24.9. The molecule has 0 aromatic heterocycles. The summed E-state index contributed by atoms with van der Waals surface area (Å²) in [6, 6.07) is 0. The average molecular weight is 388 g/mol. The van der Waals surface area contributed by atoms with Crippen LogP contribution in [0.15, 0.2) is 0 Å². The van der Waals surface area contributed by atoms with Crippen LogP contribution in [0.5, 0.6) is 0 Å². The van der Waals surface area contributed by atoms with Crippen molar-refractivity contribution in [3.8, 4) is 0 Å². The van der Waals surface area contributed by atoms with Crippen molar-refractivity contribution in [2.75, 3.05) is 13.2 Å². The summed E-state index contributed by atoms with van der Waals surface area (Å²) in [5.41, 5.74) is -1.11. The van der Waals surface area contributed by atoms with E-state index < -0.39 is 29.6 Å². The van der Waals surface area contributed by atoms with Crippen LogP contribution in [0.4, 0.5) is 0 Å². The molecule has 0 atom stereocenters. The molecule has 0 aliphatic heterocycles. The second-order valence-electron chi connectivity index (χ2n) is 8.00. The van der Waals surface area contributed by atoms with E-state index >= 15 is 0 Å². The summed E-state index contributed by atoms with van der Waals surface area (Å²) in [4.78, 5) is 46.0. The highest BCUT2D eigenvalue weighted by Crippen LogP contribution is 2.10. The summed E-state index contributed by atoms with van der Waals surface area (Å²) >= 11 is 0. The van der Waals surface area contributed by atoms with E-state index in [-0.39, 0.29) is 38.0 Å². The highest BCUT2D eigenvalue weighted by Gasteiger charge is 2.18. The second-order valence-corrected chi connectivity index (χ2v) is 8.00. The summed E-state index contributed by atoms with van der Waals surface area (Å²) in [6.07, 6.45) is 0.357. The third-order valence-corrected chi connectivity index (χ3v) is 2.71. The Hall–Kier alpha value is -2.12. The van der Waals surface area contributed by atoms with Gasteiger partial charge in [0.15, 0.2) is 0 Å². The Balaban J connectivity index is 3.77. The van der Waals surface area contributed by atoms with Gasteiger partial charge in [-0.2, -0.15) is 0 Å². The predicted molar refractivity (Wildman–Crippen MR) is 96.7 cm³/mol. The minimum Gasteiger partial charge on any atom is -0.465 e. The van der Waals surface area contributed by atoms with Gasteiger partial charge in [0.05, 0.1) is 13.2 Å². The lowest BCUT2D eigenvalue weighted by atomic mass is 10.2. The zero-order chi connectivity index (χ0) is 21.1. The third-order valence-electron chi connectivity index (χ3n) is 2.71. The molecule has 0 radical (unpaired) electrons. The third kappa shape index (κ3) is 17.1. The van der Waals surface area contributed by atoms with E-state index in [1.54, 1.807) is 41.5 Å². The number of carbonyl (C=O) groups is 4. The fourth-order valence-electron chi connectivity index (χ4n) is 1.81. The molecule has 0 spiro atoms. The largest absolute Gasteiger partial charge is 0.465 e. The predicted octanol–water partition coefficient (Wildman–Crippen LogP) is 2.71. The van der Waals surface area contributed by atoms with Crippen molar-refractivity contribution in [2.24, 2.45) is 0 Å². The summed E-state index contributed by atoms with van der Waals surface area (Å²) in [5.74, 6) is -2.20. The molecule has 0 aliphatic rings. The number of esters is 4. The van der Waals surface area contributed by atoms with Crippen LogP contribution in [-0.4, -0.2) is 48.3 Å². The van der Waals surface area contributed by atoms with Crippen molar-refractivity contribution < 1.29 is 38.1 Å². The molecule has 0 aliphatic carbocycles. The van der Waals surface area contributed by atoms with Gasteiger partial charge in [-0.25, -0.2) is 0 Å². The van der Waals surface area contributed by atoms with Gasteiger partial charge in [-0.1, -0.05) is 0 Å². The molecule has 156 valence electrons. The van der Waals surface area contributed by atoms with Crippen molar-refractivity contribution in [1.82, 2.24) is 0 Å². The lowest BCUT2D eigenvalue weighted by molar-refractivity contribution is -0.159. The highest BCUT2D eigenvalue weighted by atomic mass is 16.6. The molecule has 8 heteroatoms. The Labute approximate surface area is 160 Å². The highest BCUT2D eigenvalue weighted by molar-refractivity contribution is 5.91. The molecule has 0 aromatic carbocycles. The van der Waals surface area contributed by atoms with Gasteiger partial charge in [0.1, 0.15) is 17.6 Å². The van der Waals surface area contributed by atoms with Crippen molar-refractivity contribution in [1.29, 1.82) is 0 Å². The van der Waals surface area contributed by atoms with E-state index in [1.807, 2.05) is 0 Å². The van der Waals surface area contributed by atoms with Gasteiger partial charge in [-0.05, 0) is 54.4 Å². The summed E-state index contributed by atoms with van der Waals surface area (Å²) in [6.45, 7) is 10.6. The maximum atomic E-state index is 11.5. The number of hydrogen-bond acceptors (Lipinski definition) is 8. The van der Waals surface area contributed by atoms with E-state index in [9.17, 15) is 19.2 Å². The molecule has 0 N–H and O–H groups in total. The minimum absolute atomic E-state index is 0.0179. The molecule has 8 nitrogen and oxygen atoms in total. The first-order valence-electron chi connectivity index (χ1n) is 9.03. The van der Waals surface area contributed by atoms with Gasteiger partial charge in [0.25, 0.3) is 0 Å². The number of hydrogen-bond donors (Lipinski definition) is 0. The van der Waals surface area contributed by atoms with Crippen LogP contribution in [0.3, 0.4) is 0 Å². The maximum Gasteiger partial charge on any atom is 0.317 e. The monoisotopic (exact) mass is 388 g/mol. The van der Waals surface area contributed by atoms with Crippen LogP contribution in [-0.2, 0) is 38.1 Å². The minimum atomic E-state index is -0.726. The lowest BCUT2D eigenvalue weighted by Crippen LogP contribution is -2.24. The molecule has 0 saturated heterocycles. The maximum absolute atomic E-state index is 11.5. The Morgan fingerprint density at radius 1 is 0.593 bits per heavy atom.